The minimum absolute atomic E-state index is 1.31. The van der Waals surface area contributed by atoms with Gasteiger partial charge in [0.15, 0.2) is 8.07 Å². The zero-order chi connectivity index (χ0) is 22.7. The van der Waals surface area contributed by atoms with Crippen molar-refractivity contribution < 1.29 is 0 Å². The van der Waals surface area contributed by atoms with E-state index in [0.29, 0.717) is 0 Å². The van der Waals surface area contributed by atoms with Crippen molar-refractivity contribution in [1.29, 1.82) is 0 Å². The van der Waals surface area contributed by atoms with Crippen LogP contribution in [0.1, 0.15) is 5.56 Å². The van der Waals surface area contributed by atoms with Gasteiger partial charge >= 0.3 is 0 Å². The number of hydrogen-bond acceptors (Lipinski definition) is 0. The molecule has 0 spiro atoms. The molecule has 0 radical (unpaired) electrons. The quantitative estimate of drug-likeness (QED) is 0.236. The van der Waals surface area contributed by atoms with E-state index in [2.05, 4.69) is 134 Å². The highest BCUT2D eigenvalue weighted by molar-refractivity contribution is 7.23. The lowest BCUT2D eigenvalue weighted by molar-refractivity contribution is 1.49. The van der Waals surface area contributed by atoms with Crippen LogP contribution in [-0.4, -0.2) is 8.07 Å². The highest BCUT2D eigenvalue weighted by atomic mass is 28.3. The minimum Gasteiger partial charge on any atom is -0.0623 e. The summed E-state index contributed by atoms with van der Waals surface area (Å²) in [5.74, 6) is 0. The second kappa shape index (κ2) is 7.28. The SMILES string of the molecule is Cc1cccc([Si]2(c3ccccc3)c3ccccc3-c3ccc4ccc5ccccc5c4c32)c1. The molecule has 0 saturated carbocycles. The van der Waals surface area contributed by atoms with E-state index in [9.17, 15) is 0 Å². The fourth-order valence-corrected chi connectivity index (χ4v) is 11.8. The Hall–Kier alpha value is -3.94. The van der Waals surface area contributed by atoms with Gasteiger partial charge in [-0.2, -0.15) is 0 Å². The molecule has 0 aromatic heterocycles. The van der Waals surface area contributed by atoms with Crippen molar-refractivity contribution in [2.45, 2.75) is 6.92 Å². The summed E-state index contributed by atoms with van der Waals surface area (Å²) in [6.07, 6.45) is 0. The van der Waals surface area contributed by atoms with Crippen LogP contribution in [0.5, 0.6) is 0 Å². The van der Waals surface area contributed by atoms with Crippen LogP contribution in [0, 0.1) is 6.92 Å². The molecule has 6 aromatic rings. The molecule has 1 unspecified atom stereocenters. The summed E-state index contributed by atoms with van der Waals surface area (Å²) in [6.45, 7) is 2.22. The smallest absolute Gasteiger partial charge is 0.0623 e. The summed E-state index contributed by atoms with van der Waals surface area (Å²) in [6, 6.07) is 47.9. The predicted molar refractivity (Wildman–Crippen MR) is 149 cm³/mol. The number of aryl methyl sites for hydroxylation is 1. The van der Waals surface area contributed by atoms with Crippen molar-refractivity contribution in [2.24, 2.45) is 0 Å². The van der Waals surface area contributed by atoms with E-state index in [0.717, 1.165) is 0 Å². The molecule has 0 fully saturated rings. The standard InChI is InChI=1S/C33H24Si/c1-23-10-9-14-27(22-23)34(26-12-3-2-4-13-26)31-17-8-7-16-29(31)30-21-20-25-19-18-24-11-5-6-15-28(24)32(25)33(30)34/h2-22H,1H3. The summed E-state index contributed by atoms with van der Waals surface area (Å²) >= 11 is 0. The molecule has 0 bridgehead atoms. The van der Waals surface area contributed by atoms with Gasteiger partial charge in [0.05, 0.1) is 0 Å². The van der Waals surface area contributed by atoms with E-state index >= 15 is 0 Å². The molecule has 1 atom stereocenters. The molecule has 0 N–H and O–H groups in total. The number of benzene rings is 6. The van der Waals surface area contributed by atoms with Crippen LogP contribution in [0.4, 0.5) is 0 Å². The second-order valence-corrected chi connectivity index (χ2v) is 13.1. The number of rotatable bonds is 2. The molecule has 160 valence electrons. The topological polar surface area (TPSA) is 0 Å². The maximum atomic E-state index is 2.44. The van der Waals surface area contributed by atoms with Gasteiger partial charge in [0.2, 0.25) is 0 Å². The van der Waals surface area contributed by atoms with Gasteiger partial charge in [-0.3, -0.25) is 0 Å². The van der Waals surface area contributed by atoms with Crippen molar-refractivity contribution >= 4 is 50.4 Å². The fraction of sp³-hybridized carbons (Fsp3) is 0.0303. The van der Waals surface area contributed by atoms with E-state index in [1.165, 1.54) is 53.8 Å². The van der Waals surface area contributed by atoms with Gasteiger partial charge < -0.3 is 0 Å². The molecule has 0 amide bonds. The first-order chi connectivity index (χ1) is 16.8. The van der Waals surface area contributed by atoms with Crippen molar-refractivity contribution in [3.63, 3.8) is 0 Å². The van der Waals surface area contributed by atoms with Gasteiger partial charge in [0, 0.05) is 0 Å². The van der Waals surface area contributed by atoms with Crippen LogP contribution in [0.2, 0.25) is 0 Å². The molecule has 34 heavy (non-hydrogen) atoms. The van der Waals surface area contributed by atoms with Gasteiger partial charge in [-0.15, -0.1) is 0 Å². The van der Waals surface area contributed by atoms with Gasteiger partial charge in [0.1, 0.15) is 0 Å². The zero-order valence-electron chi connectivity index (χ0n) is 19.1. The van der Waals surface area contributed by atoms with Crippen molar-refractivity contribution in [1.82, 2.24) is 0 Å². The predicted octanol–water partition coefficient (Wildman–Crippen LogP) is 5.66. The monoisotopic (exact) mass is 448 g/mol. The van der Waals surface area contributed by atoms with Gasteiger partial charge in [-0.25, -0.2) is 0 Å². The van der Waals surface area contributed by atoms with E-state index < -0.39 is 8.07 Å². The van der Waals surface area contributed by atoms with Crippen LogP contribution in [0.3, 0.4) is 0 Å². The molecule has 0 nitrogen and oxygen atoms in total. The van der Waals surface area contributed by atoms with Crippen molar-refractivity contribution in [3.8, 4) is 11.1 Å². The third-order valence-electron chi connectivity index (χ3n) is 7.56. The Morgan fingerprint density at radius 2 is 1.21 bits per heavy atom. The Balaban J connectivity index is 1.78. The lowest BCUT2D eigenvalue weighted by Gasteiger charge is -2.32. The Kier molecular flexibility index (Phi) is 4.18. The molecule has 1 heteroatoms. The molecule has 0 aliphatic carbocycles. The minimum atomic E-state index is -2.54. The highest BCUT2D eigenvalue weighted by Crippen LogP contribution is 2.35. The first-order valence-corrected chi connectivity index (χ1v) is 14.0. The molecular weight excluding hydrogens is 424 g/mol. The maximum Gasteiger partial charge on any atom is 0.181 e. The average molecular weight is 449 g/mol. The van der Waals surface area contributed by atoms with Crippen molar-refractivity contribution in [2.75, 3.05) is 0 Å². The second-order valence-electron chi connectivity index (χ2n) is 9.40. The summed E-state index contributed by atoms with van der Waals surface area (Å²) < 4.78 is 0. The van der Waals surface area contributed by atoms with Crippen LogP contribution in [-0.2, 0) is 0 Å². The first kappa shape index (κ1) is 19.5. The molecule has 1 heterocycles. The molecule has 0 saturated heterocycles. The Morgan fingerprint density at radius 1 is 0.500 bits per heavy atom. The molecule has 1 aliphatic heterocycles. The van der Waals surface area contributed by atoms with Crippen LogP contribution < -0.4 is 20.7 Å². The Labute approximate surface area is 201 Å². The van der Waals surface area contributed by atoms with Gasteiger partial charge in [0.25, 0.3) is 0 Å². The average Bonchev–Trinajstić information content (AvgIpc) is 3.20. The molecule has 1 aliphatic rings. The third-order valence-corrected chi connectivity index (χ3v) is 12.5. The molecule has 6 aromatic carbocycles. The largest absolute Gasteiger partial charge is 0.181 e. The lowest BCUT2D eigenvalue weighted by Crippen LogP contribution is -2.73. The third kappa shape index (κ3) is 2.53. The summed E-state index contributed by atoms with van der Waals surface area (Å²) in [4.78, 5) is 0. The summed E-state index contributed by atoms with van der Waals surface area (Å²) in [5.41, 5.74) is 4.11. The van der Waals surface area contributed by atoms with Crippen LogP contribution >= 0.6 is 0 Å². The van der Waals surface area contributed by atoms with E-state index in [4.69, 9.17) is 0 Å². The Bertz CT molecular complexity index is 1710. The van der Waals surface area contributed by atoms with Crippen LogP contribution in [0.25, 0.3) is 32.7 Å². The van der Waals surface area contributed by atoms with E-state index in [-0.39, 0.29) is 0 Å². The molecular formula is C33H24Si. The fourth-order valence-electron chi connectivity index (χ4n) is 6.22. The number of fused-ring (bicyclic) bond motifs is 7. The van der Waals surface area contributed by atoms with Crippen molar-refractivity contribution in [3.05, 3.63) is 133 Å². The maximum absolute atomic E-state index is 2.54. The normalized spacial score (nSPS) is 16.5. The first-order valence-electron chi connectivity index (χ1n) is 12.0. The summed E-state index contributed by atoms with van der Waals surface area (Å²) in [7, 11) is -2.54. The van der Waals surface area contributed by atoms with Gasteiger partial charge in [-0.1, -0.05) is 133 Å². The van der Waals surface area contributed by atoms with Gasteiger partial charge in [-0.05, 0) is 60.3 Å². The van der Waals surface area contributed by atoms with E-state index in [1.807, 2.05) is 0 Å². The summed E-state index contributed by atoms with van der Waals surface area (Å²) in [5, 5.41) is 11.4. The van der Waals surface area contributed by atoms with Crippen LogP contribution in [0.15, 0.2) is 127 Å². The zero-order valence-corrected chi connectivity index (χ0v) is 20.1. The molecule has 7 rings (SSSR count). The Morgan fingerprint density at radius 3 is 2.09 bits per heavy atom. The van der Waals surface area contributed by atoms with E-state index in [1.54, 1.807) is 5.19 Å². The highest BCUT2D eigenvalue weighted by Gasteiger charge is 2.49. The number of hydrogen-bond donors (Lipinski definition) is 0. The lowest BCUT2D eigenvalue weighted by atomic mass is 9.97.